The van der Waals surface area contributed by atoms with Gasteiger partial charge in [-0.25, -0.2) is 0 Å². The monoisotopic (exact) mass is 307 g/mol. The summed E-state index contributed by atoms with van der Waals surface area (Å²) in [7, 11) is 0. The van der Waals surface area contributed by atoms with Crippen LogP contribution >= 0.6 is 15.9 Å². The van der Waals surface area contributed by atoms with Crippen LogP contribution in [0.1, 0.15) is 16.8 Å². The van der Waals surface area contributed by atoms with Crippen molar-refractivity contribution in [1.82, 2.24) is 4.98 Å². The molecule has 0 saturated heterocycles. The lowest BCUT2D eigenvalue weighted by Gasteiger charge is -2.12. The molecular weight excluding hydrogens is 294 g/mol. The molecular formula is C14H14BrNO2. The molecule has 1 aromatic carbocycles. The van der Waals surface area contributed by atoms with Crippen molar-refractivity contribution < 1.29 is 9.84 Å². The number of aliphatic hydroxyl groups excluding tert-OH is 1. The smallest absolute Gasteiger partial charge is 0.136 e. The molecule has 0 radical (unpaired) electrons. The quantitative estimate of drug-likeness (QED) is 0.939. The topological polar surface area (TPSA) is 42.4 Å². The normalized spacial score (nSPS) is 10.4. The maximum absolute atomic E-state index is 9.27. The first-order chi connectivity index (χ1) is 8.60. The van der Waals surface area contributed by atoms with Crippen molar-refractivity contribution in [3.8, 4) is 11.5 Å². The van der Waals surface area contributed by atoms with E-state index in [0.717, 1.165) is 21.5 Å². The lowest BCUT2D eigenvalue weighted by atomic mass is 10.2. The van der Waals surface area contributed by atoms with Gasteiger partial charge in [0.15, 0.2) is 0 Å². The van der Waals surface area contributed by atoms with Gasteiger partial charge in [0.25, 0.3) is 0 Å². The van der Waals surface area contributed by atoms with Gasteiger partial charge < -0.3 is 9.84 Å². The summed E-state index contributed by atoms with van der Waals surface area (Å²) in [5, 5.41) is 9.27. The molecule has 1 N–H and O–H groups in total. The number of hydrogen-bond donors (Lipinski definition) is 1. The van der Waals surface area contributed by atoms with Crippen LogP contribution in [0.4, 0.5) is 0 Å². The van der Waals surface area contributed by atoms with E-state index in [0.29, 0.717) is 11.3 Å². The van der Waals surface area contributed by atoms with Gasteiger partial charge in [-0.1, -0.05) is 15.9 Å². The van der Waals surface area contributed by atoms with E-state index in [1.165, 1.54) is 0 Å². The van der Waals surface area contributed by atoms with Crippen LogP contribution in [-0.2, 0) is 6.61 Å². The molecule has 0 aliphatic rings. The molecule has 1 heterocycles. The van der Waals surface area contributed by atoms with Gasteiger partial charge in [0.05, 0.1) is 6.61 Å². The molecule has 3 nitrogen and oxygen atoms in total. The molecule has 0 saturated carbocycles. The average molecular weight is 308 g/mol. The third-order valence-corrected chi connectivity index (χ3v) is 3.10. The van der Waals surface area contributed by atoms with Crippen LogP contribution in [0.15, 0.2) is 34.9 Å². The molecule has 0 aliphatic carbocycles. The highest BCUT2D eigenvalue weighted by Crippen LogP contribution is 2.29. The fraction of sp³-hybridized carbons (Fsp3) is 0.214. The summed E-state index contributed by atoms with van der Waals surface area (Å²) in [5.74, 6) is 1.42. The molecule has 0 bridgehead atoms. The number of ether oxygens (including phenoxy) is 1. The number of hydrogen-bond acceptors (Lipinski definition) is 3. The van der Waals surface area contributed by atoms with E-state index in [-0.39, 0.29) is 6.61 Å². The van der Waals surface area contributed by atoms with Crippen LogP contribution in [0.3, 0.4) is 0 Å². The molecule has 0 spiro atoms. The predicted molar refractivity (Wildman–Crippen MR) is 73.8 cm³/mol. The Balaban J connectivity index is 2.36. The van der Waals surface area contributed by atoms with Crippen molar-refractivity contribution in [2.24, 2.45) is 0 Å². The van der Waals surface area contributed by atoms with Gasteiger partial charge in [-0.2, -0.15) is 0 Å². The van der Waals surface area contributed by atoms with E-state index in [2.05, 4.69) is 20.9 Å². The SMILES string of the molecule is Cc1cc(Oc2ccc(Br)cc2C)c(CO)cn1. The Kier molecular flexibility index (Phi) is 3.99. The molecule has 94 valence electrons. The average Bonchev–Trinajstić information content (AvgIpc) is 2.33. The highest BCUT2D eigenvalue weighted by molar-refractivity contribution is 9.10. The number of benzene rings is 1. The first-order valence-electron chi connectivity index (χ1n) is 5.60. The molecule has 1 aromatic heterocycles. The summed E-state index contributed by atoms with van der Waals surface area (Å²) < 4.78 is 6.86. The summed E-state index contributed by atoms with van der Waals surface area (Å²) in [6.07, 6.45) is 1.64. The number of pyridine rings is 1. The Morgan fingerprint density at radius 1 is 1.22 bits per heavy atom. The second kappa shape index (κ2) is 5.50. The summed E-state index contributed by atoms with van der Waals surface area (Å²) in [5.41, 5.74) is 2.57. The van der Waals surface area contributed by atoms with Gasteiger partial charge in [-0.05, 0) is 37.6 Å². The summed E-state index contributed by atoms with van der Waals surface area (Å²) >= 11 is 3.42. The highest BCUT2D eigenvalue weighted by Gasteiger charge is 2.07. The van der Waals surface area contributed by atoms with Crippen LogP contribution in [0.25, 0.3) is 0 Å². The minimum atomic E-state index is -0.0851. The summed E-state index contributed by atoms with van der Waals surface area (Å²) in [4.78, 5) is 4.14. The molecule has 0 amide bonds. The minimum Gasteiger partial charge on any atom is -0.457 e. The Morgan fingerprint density at radius 3 is 2.67 bits per heavy atom. The fourth-order valence-corrected chi connectivity index (χ4v) is 2.10. The third kappa shape index (κ3) is 2.89. The number of rotatable bonds is 3. The van der Waals surface area contributed by atoms with Crippen molar-refractivity contribution in [2.45, 2.75) is 20.5 Å². The van der Waals surface area contributed by atoms with Crippen molar-refractivity contribution in [3.63, 3.8) is 0 Å². The van der Waals surface area contributed by atoms with E-state index in [9.17, 15) is 5.11 Å². The Hall–Kier alpha value is -1.39. The zero-order valence-corrected chi connectivity index (χ0v) is 11.9. The van der Waals surface area contributed by atoms with Crippen LogP contribution in [0, 0.1) is 13.8 Å². The molecule has 18 heavy (non-hydrogen) atoms. The highest BCUT2D eigenvalue weighted by atomic mass is 79.9. The number of halogens is 1. The molecule has 0 atom stereocenters. The molecule has 4 heteroatoms. The molecule has 0 unspecified atom stereocenters. The third-order valence-electron chi connectivity index (χ3n) is 2.61. The molecule has 0 fully saturated rings. The first-order valence-corrected chi connectivity index (χ1v) is 6.40. The van der Waals surface area contributed by atoms with Gasteiger partial charge in [0, 0.05) is 28.0 Å². The van der Waals surface area contributed by atoms with Crippen LogP contribution in [0.2, 0.25) is 0 Å². The van der Waals surface area contributed by atoms with E-state index < -0.39 is 0 Å². The maximum atomic E-state index is 9.27. The van der Waals surface area contributed by atoms with Crippen molar-refractivity contribution in [3.05, 3.63) is 51.8 Å². The number of aliphatic hydroxyl groups is 1. The lowest BCUT2D eigenvalue weighted by molar-refractivity contribution is 0.276. The van der Waals surface area contributed by atoms with E-state index in [4.69, 9.17) is 4.74 Å². The molecule has 2 rings (SSSR count). The largest absolute Gasteiger partial charge is 0.457 e. The van der Waals surface area contributed by atoms with Crippen LogP contribution in [-0.4, -0.2) is 10.1 Å². The first kappa shape index (κ1) is 13.1. The van der Waals surface area contributed by atoms with Gasteiger partial charge in [0.2, 0.25) is 0 Å². The van der Waals surface area contributed by atoms with Gasteiger partial charge in [0.1, 0.15) is 11.5 Å². The van der Waals surface area contributed by atoms with Crippen LogP contribution in [0.5, 0.6) is 11.5 Å². The number of aromatic nitrogens is 1. The fourth-order valence-electron chi connectivity index (χ4n) is 1.62. The number of aryl methyl sites for hydroxylation is 2. The zero-order valence-electron chi connectivity index (χ0n) is 10.3. The Bertz CT molecular complexity index is 570. The standard InChI is InChI=1S/C14H14BrNO2/c1-9-5-12(15)3-4-13(9)18-14-6-10(2)16-7-11(14)8-17/h3-7,17H,8H2,1-2H3. The second-order valence-electron chi connectivity index (χ2n) is 4.10. The lowest BCUT2D eigenvalue weighted by Crippen LogP contribution is -1.95. The van der Waals surface area contributed by atoms with Crippen molar-refractivity contribution in [1.29, 1.82) is 0 Å². The zero-order chi connectivity index (χ0) is 13.1. The maximum Gasteiger partial charge on any atom is 0.136 e. The van der Waals surface area contributed by atoms with Gasteiger partial charge in [-0.15, -0.1) is 0 Å². The molecule has 2 aromatic rings. The molecule has 0 aliphatic heterocycles. The Labute approximate surface area is 115 Å². The second-order valence-corrected chi connectivity index (χ2v) is 5.02. The summed E-state index contributed by atoms with van der Waals surface area (Å²) in [6, 6.07) is 7.64. The van der Waals surface area contributed by atoms with E-state index in [1.807, 2.05) is 38.1 Å². The predicted octanol–water partition coefficient (Wildman–Crippen LogP) is 3.75. The van der Waals surface area contributed by atoms with Crippen LogP contribution < -0.4 is 4.74 Å². The van der Waals surface area contributed by atoms with Gasteiger partial charge in [-0.3, -0.25) is 4.98 Å². The summed E-state index contributed by atoms with van der Waals surface area (Å²) in [6.45, 7) is 3.79. The van der Waals surface area contributed by atoms with Crippen molar-refractivity contribution >= 4 is 15.9 Å². The van der Waals surface area contributed by atoms with Gasteiger partial charge >= 0.3 is 0 Å². The van der Waals surface area contributed by atoms with E-state index >= 15 is 0 Å². The Morgan fingerprint density at radius 2 is 2.00 bits per heavy atom. The van der Waals surface area contributed by atoms with E-state index in [1.54, 1.807) is 6.20 Å². The number of nitrogens with zero attached hydrogens (tertiary/aromatic N) is 1. The van der Waals surface area contributed by atoms with Crippen molar-refractivity contribution in [2.75, 3.05) is 0 Å². The minimum absolute atomic E-state index is 0.0851.